The van der Waals surface area contributed by atoms with Gasteiger partial charge in [-0.1, -0.05) is 6.92 Å². The Bertz CT molecular complexity index is 356. The average Bonchev–Trinajstić information content (AvgIpc) is 2.15. The maximum absolute atomic E-state index is 11.5. The standard InChI is InChI=1S/C11H14O3/c1-4-9(12)8-5-7(2)6-10(13)11(8)14-3/h5-6,13H,4H2,1-3H3. The minimum Gasteiger partial charge on any atom is -0.504 e. The van der Waals surface area contributed by atoms with E-state index in [2.05, 4.69) is 0 Å². The van der Waals surface area contributed by atoms with Crippen LogP contribution in [-0.4, -0.2) is 18.0 Å². The number of hydrogen-bond acceptors (Lipinski definition) is 3. The van der Waals surface area contributed by atoms with Gasteiger partial charge in [-0.15, -0.1) is 0 Å². The van der Waals surface area contributed by atoms with Crippen molar-refractivity contribution in [1.82, 2.24) is 0 Å². The van der Waals surface area contributed by atoms with Crippen molar-refractivity contribution < 1.29 is 14.6 Å². The second-order valence-corrected chi connectivity index (χ2v) is 3.14. The van der Waals surface area contributed by atoms with Gasteiger partial charge in [-0.2, -0.15) is 0 Å². The van der Waals surface area contributed by atoms with Crippen LogP contribution >= 0.6 is 0 Å². The summed E-state index contributed by atoms with van der Waals surface area (Å²) in [5.41, 5.74) is 1.30. The fourth-order valence-corrected chi connectivity index (χ4v) is 1.37. The van der Waals surface area contributed by atoms with E-state index in [-0.39, 0.29) is 17.3 Å². The number of aromatic hydroxyl groups is 1. The van der Waals surface area contributed by atoms with Gasteiger partial charge in [0.2, 0.25) is 0 Å². The topological polar surface area (TPSA) is 46.5 Å². The minimum absolute atomic E-state index is 0.0179. The lowest BCUT2D eigenvalue weighted by atomic mass is 10.0. The predicted molar refractivity (Wildman–Crippen MR) is 54.0 cm³/mol. The summed E-state index contributed by atoms with van der Waals surface area (Å²) in [4.78, 5) is 11.5. The van der Waals surface area contributed by atoms with Crippen molar-refractivity contribution in [1.29, 1.82) is 0 Å². The summed E-state index contributed by atoms with van der Waals surface area (Å²) in [7, 11) is 1.44. The molecule has 1 aromatic rings. The molecule has 0 fully saturated rings. The van der Waals surface area contributed by atoms with Crippen molar-refractivity contribution in [2.45, 2.75) is 20.3 Å². The molecule has 0 unspecified atom stereocenters. The molecule has 0 heterocycles. The second kappa shape index (κ2) is 4.13. The molecule has 76 valence electrons. The molecule has 0 aromatic heterocycles. The maximum atomic E-state index is 11.5. The highest BCUT2D eigenvalue weighted by molar-refractivity contribution is 5.99. The van der Waals surface area contributed by atoms with Crippen molar-refractivity contribution in [2.24, 2.45) is 0 Å². The first-order chi connectivity index (χ1) is 6.60. The molecule has 3 nitrogen and oxygen atoms in total. The van der Waals surface area contributed by atoms with E-state index in [1.54, 1.807) is 19.1 Å². The van der Waals surface area contributed by atoms with E-state index < -0.39 is 0 Å². The lowest BCUT2D eigenvalue weighted by molar-refractivity contribution is 0.0984. The summed E-state index contributed by atoms with van der Waals surface area (Å²) < 4.78 is 4.98. The Hall–Kier alpha value is -1.51. The third-order valence-electron chi connectivity index (χ3n) is 2.04. The van der Waals surface area contributed by atoms with E-state index in [0.29, 0.717) is 12.0 Å². The summed E-state index contributed by atoms with van der Waals surface area (Å²) in [6.07, 6.45) is 0.402. The molecule has 1 rings (SSSR count). The first-order valence-electron chi connectivity index (χ1n) is 4.51. The molecule has 0 aliphatic carbocycles. The molecular weight excluding hydrogens is 180 g/mol. The number of phenols is 1. The summed E-state index contributed by atoms with van der Waals surface area (Å²) in [6, 6.07) is 3.30. The highest BCUT2D eigenvalue weighted by Crippen LogP contribution is 2.32. The van der Waals surface area contributed by atoms with E-state index in [4.69, 9.17) is 4.74 Å². The van der Waals surface area contributed by atoms with Gasteiger partial charge < -0.3 is 9.84 Å². The van der Waals surface area contributed by atoms with E-state index in [9.17, 15) is 9.90 Å². The second-order valence-electron chi connectivity index (χ2n) is 3.14. The van der Waals surface area contributed by atoms with E-state index in [1.807, 2.05) is 6.92 Å². The van der Waals surface area contributed by atoms with Crippen molar-refractivity contribution in [3.05, 3.63) is 23.3 Å². The van der Waals surface area contributed by atoms with Crippen molar-refractivity contribution >= 4 is 5.78 Å². The Morgan fingerprint density at radius 1 is 1.50 bits per heavy atom. The monoisotopic (exact) mass is 194 g/mol. The maximum Gasteiger partial charge on any atom is 0.171 e. The fourth-order valence-electron chi connectivity index (χ4n) is 1.37. The Balaban J connectivity index is 3.32. The quantitative estimate of drug-likeness (QED) is 0.751. The van der Waals surface area contributed by atoms with Crippen molar-refractivity contribution in [2.75, 3.05) is 7.11 Å². The van der Waals surface area contributed by atoms with Crippen molar-refractivity contribution in [3.63, 3.8) is 0 Å². The minimum atomic E-state index is -0.0270. The molecule has 0 radical (unpaired) electrons. The normalized spacial score (nSPS) is 9.93. The number of methoxy groups -OCH3 is 1. The highest BCUT2D eigenvalue weighted by Gasteiger charge is 2.14. The Morgan fingerprint density at radius 2 is 2.14 bits per heavy atom. The number of hydrogen-bond donors (Lipinski definition) is 1. The van der Waals surface area contributed by atoms with E-state index in [0.717, 1.165) is 5.56 Å². The zero-order valence-corrected chi connectivity index (χ0v) is 8.63. The summed E-state index contributed by atoms with van der Waals surface area (Å²) in [5.74, 6) is 0.257. The number of carbonyl (C=O) groups is 1. The molecule has 0 aliphatic rings. The number of phenolic OH excluding ortho intramolecular Hbond substituents is 1. The zero-order chi connectivity index (χ0) is 10.7. The van der Waals surface area contributed by atoms with Crippen LogP contribution in [0.2, 0.25) is 0 Å². The summed E-state index contributed by atoms with van der Waals surface area (Å²) >= 11 is 0. The number of Topliss-reactive ketones (excluding diaryl/α,β-unsaturated/α-hetero) is 1. The smallest absolute Gasteiger partial charge is 0.171 e. The Morgan fingerprint density at radius 3 is 2.64 bits per heavy atom. The van der Waals surface area contributed by atoms with Gasteiger partial charge in [0.05, 0.1) is 12.7 Å². The molecule has 3 heteroatoms. The molecule has 1 aromatic carbocycles. The number of carbonyl (C=O) groups excluding carboxylic acids is 1. The van der Waals surface area contributed by atoms with Gasteiger partial charge >= 0.3 is 0 Å². The molecule has 0 atom stereocenters. The Kier molecular flexibility index (Phi) is 3.12. The highest BCUT2D eigenvalue weighted by atomic mass is 16.5. The van der Waals surface area contributed by atoms with Crippen LogP contribution in [0.5, 0.6) is 11.5 Å². The van der Waals surface area contributed by atoms with Gasteiger partial charge in [-0.05, 0) is 24.6 Å². The van der Waals surface area contributed by atoms with Gasteiger partial charge in [0.25, 0.3) is 0 Å². The average molecular weight is 194 g/mol. The SMILES string of the molecule is CCC(=O)c1cc(C)cc(O)c1OC. The summed E-state index contributed by atoms with van der Waals surface area (Å²) in [6.45, 7) is 3.60. The van der Waals surface area contributed by atoms with Crippen molar-refractivity contribution in [3.8, 4) is 11.5 Å². The van der Waals surface area contributed by atoms with Gasteiger partial charge in [-0.3, -0.25) is 4.79 Å². The van der Waals surface area contributed by atoms with Crippen LogP contribution in [-0.2, 0) is 0 Å². The molecule has 0 saturated carbocycles. The summed E-state index contributed by atoms with van der Waals surface area (Å²) in [5, 5.41) is 9.54. The van der Waals surface area contributed by atoms with Crippen LogP contribution in [0.3, 0.4) is 0 Å². The first-order valence-corrected chi connectivity index (χ1v) is 4.51. The molecule has 14 heavy (non-hydrogen) atoms. The molecule has 0 amide bonds. The van der Waals surface area contributed by atoms with E-state index >= 15 is 0 Å². The molecule has 0 saturated heterocycles. The van der Waals surface area contributed by atoms with Crippen LogP contribution in [0.1, 0.15) is 29.3 Å². The molecule has 0 spiro atoms. The van der Waals surface area contributed by atoms with Gasteiger partial charge in [0.1, 0.15) is 0 Å². The molecule has 0 bridgehead atoms. The third-order valence-corrected chi connectivity index (χ3v) is 2.04. The van der Waals surface area contributed by atoms with Crippen LogP contribution in [0.4, 0.5) is 0 Å². The third kappa shape index (κ3) is 1.87. The zero-order valence-electron chi connectivity index (χ0n) is 8.63. The number of rotatable bonds is 3. The van der Waals surface area contributed by atoms with Crippen LogP contribution in [0.25, 0.3) is 0 Å². The number of ether oxygens (including phenoxy) is 1. The molecule has 1 N–H and O–H groups in total. The van der Waals surface area contributed by atoms with Crippen LogP contribution in [0.15, 0.2) is 12.1 Å². The number of aryl methyl sites for hydroxylation is 1. The van der Waals surface area contributed by atoms with Gasteiger partial charge in [-0.25, -0.2) is 0 Å². The first kappa shape index (κ1) is 10.6. The fraction of sp³-hybridized carbons (Fsp3) is 0.364. The van der Waals surface area contributed by atoms with E-state index in [1.165, 1.54) is 7.11 Å². The lowest BCUT2D eigenvalue weighted by Gasteiger charge is -2.09. The lowest BCUT2D eigenvalue weighted by Crippen LogP contribution is -2.01. The predicted octanol–water partition coefficient (Wildman–Crippen LogP) is 2.30. The van der Waals surface area contributed by atoms with Crippen LogP contribution < -0.4 is 4.74 Å². The number of benzene rings is 1. The van der Waals surface area contributed by atoms with Gasteiger partial charge in [0.15, 0.2) is 17.3 Å². The Labute approximate surface area is 83.3 Å². The van der Waals surface area contributed by atoms with Crippen LogP contribution in [0, 0.1) is 6.92 Å². The molecule has 0 aliphatic heterocycles. The number of ketones is 1. The van der Waals surface area contributed by atoms with Gasteiger partial charge in [0, 0.05) is 6.42 Å². The molecular formula is C11H14O3. The largest absolute Gasteiger partial charge is 0.504 e.